The van der Waals surface area contributed by atoms with Crippen LogP contribution in [-0.4, -0.2) is 31.2 Å². The summed E-state index contributed by atoms with van der Waals surface area (Å²) >= 11 is 0. The number of hydrogen-bond acceptors (Lipinski definition) is 5. The van der Waals surface area contributed by atoms with E-state index in [0.29, 0.717) is 42.0 Å². The quantitative estimate of drug-likeness (QED) is 0.834. The lowest BCUT2D eigenvalue weighted by Crippen LogP contribution is -2.32. The Balaban J connectivity index is 1.61. The van der Waals surface area contributed by atoms with E-state index in [4.69, 9.17) is 13.9 Å². The molecule has 0 atom stereocenters. The maximum Gasteiger partial charge on any atom is 0.220 e. The molecule has 1 aliphatic carbocycles. The van der Waals surface area contributed by atoms with Crippen LogP contribution < -0.4 is 14.8 Å². The highest BCUT2D eigenvalue weighted by Crippen LogP contribution is 2.33. The fourth-order valence-corrected chi connectivity index (χ4v) is 3.14. The molecule has 1 heterocycles. The van der Waals surface area contributed by atoms with Gasteiger partial charge in [0, 0.05) is 24.9 Å². The fourth-order valence-electron chi connectivity index (χ4n) is 3.14. The molecular formula is C19H24N2O4. The maximum atomic E-state index is 12.0. The number of carbonyl (C=O) groups is 1. The van der Waals surface area contributed by atoms with E-state index in [0.717, 1.165) is 18.4 Å². The van der Waals surface area contributed by atoms with Crippen LogP contribution in [0.25, 0.3) is 11.3 Å². The van der Waals surface area contributed by atoms with Gasteiger partial charge in [0.2, 0.25) is 5.91 Å². The van der Waals surface area contributed by atoms with Gasteiger partial charge in [0.05, 0.1) is 26.0 Å². The number of aromatic nitrogens is 1. The largest absolute Gasteiger partial charge is 0.497 e. The molecule has 1 amide bonds. The Morgan fingerprint density at radius 2 is 2.08 bits per heavy atom. The van der Waals surface area contributed by atoms with E-state index in [1.165, 1.54) is 12.8 Å². The van der Waals surface area contributed by atoms with E-state index in [1.807, 2.05) is 12.1 Å². The number of oxazole rings is 1. The van der Waals surface area contributed by atoms with Crippen molar-refractivity contribution in [2.75, 3.05) is 14.2 Å². The third-order valence-corrected chi connectivity index (χ3v) is 4.51. The highest BCUT2D eigenvalue weighted by atomic mass is 16.5. The van der Waals surface area contributed by atoms with Crippen LogP contribution in [0.15, 0.2) is 28.8 Å². The van der Waals surface area contributed by atoms with Crippen LogP contribution >= 0.6 is 0 Å². The molecule has 0 bridgehead atoms. The number of aryl methyl sites for hydroxylation is 1. The summed E-state index contributed by atoms with van der Waals surface area (Å²) in [5, 5.41) is 3.08. The molecular weight excluding hydrogens is 320 g/mol. The lowest BCUT2D eigenvalue weighted by Gasteiger charge is -2.10. The third kappa shape index (κ3) is 4.32. The minimum atomic E-state index is 0.0636. The van der Waals surface area contributed by atoms with Crippen molar-refractivity contribution in [1.29, 1.82) is 0 Å². The smallest absolute Gasteiger partial charge is 0.220 e. The van der Waals surface area contributed by atoms with Crippen molar-refractivity contribution < 1.29 is 18.7 Å². The first-order chi connectivity index (χ1) is 12.2. The van der Waals surface area contributed by atoms with Gasteiger partial charge in [-0.15, -0.1) is 0 Å². The van der Waals surface area contributed by atoms with E-state index < -0.39 is 0 Å². The Morgan fingerprint density at radius 1 is 1.28 bits per heavy atom. The SMILES string of the molecule is COc1ccc(-c2cnc(CCC(=O)NC3CCCC3)o2)c(OC)c1. The number of rotatable bonds is 7. The monoisotopic (exact) mass is 344 g/mol. The highest BCUT2D eigenvalue weighted by Gasteiger charge is 2.18. The third-order valence-electron chi connectivity index (χ3n) is 4.51. The maximum absolute atomic E-state index is 12.0. The number of carbonyl (C=O) groups excluding carboxylic acids is 1. The molecule has 0 aliphatic heterocycles. The topological polar surface area (TPSA) is 73.6 Å². The normalized spacial score (nSPS) is 14.5. The summed E-state index contributed by atoms with van der Waals surface area (Å²) < 4.78 is 16.4. The lowest BCUT2D eigenvalue weighted by molar-refractivity contribution is -0.121. The van der Waals surface area contributed by atoms with Crippen molar-refractivity contribution in [3.05, 3.63) is 30.3 Å². The second-order valence-corrected chi connectivity index (χ2v) is 6.23. The van der Waals surface area contributed by atoms with Crippen LogP contribution in [0, 0.1) is 0 Å². The molecule has 134 valence electrons. The van der Waals surface area contributed by atoms with Crippen LogP contribution in [0.2, 0.25) is 0 Å². The van der Waals surface area contributed by atoms with E-state index in [-0.39, 0.29) is 5.91 Å². The van der Waals surface area contributed by atoms with E-state index >= 15 is 0 Å². The number of amides is 1. The number of nitrogens with one attached hydrogen (secondary N) is 1. The van der Waals surface area contributed by atoms with Crippen LogP contribution in [-0.2, 0) is 11.2 Å². The average molecular weight is 344 g/mol. The highest BCUT2D eigenvalue weighted by molar-refractivity contribution is 5.76. The molecule has 2 aromatic rings. The molecule has 1 aromatic heterocycles. The second-order valence-electron chi connectivity index (χ2n) is 6.23. The molecule has 25 heavy (non-hydrogen) atoms. The van der Waals surface area contributed by atoms with Crippen LogP contribution in [0.5, 0.6) is 11.5 Å². The first-order valence-corrected chi connectivity index (χ1v) is 8.66. The molecule has 0 spiro atoms. The van der Waals surface area contributed by atoms with Crippen molar-refractivity contribution in [2.24, 2.45) is 0 Å². The zero-order valence-corrected chi connectivity index (χ0v) is 14.7. The summed E-state index contributed by atoms with van der Waals surface area (Å²) in [6.07, 6.45) is 7.12. The molecule has 6 heteroatoms. The number of benzene rings is 1. The van der Waals surface area contributed by atoms with Crippen molar-refractivity contribution >= 4 is 5.91 Å². The molecule has 6 nitrogen and oxygen atoms in total. The molecule has 1 fully saturated rings. The predicted molar refractivity (Wildman–Crippen MR) is 93.8 cm³/mol. The van der Waals surface area contributed by atoms with Crippen LogP contribution in [0.1, 0.15) is 38.0 Å². The standard InChI is InChI=1S/C19H24N2O4/c1-23-14-7-8-15(16(11-14)24-2)17-12-20-19(25-17)10-9-18(22)21-13-5-3-4-6-13/h7-8,11-13H,3-6,9-10H2,1-2H3,(H,21,22). The summed E-state index contributed by atoms with van der Waals surface area (Å²) in [5.74, 6) is 2.60. The second kappa shape index (κ2) is 8.05. The molecule has 0 unspecified atom stereocenters. The van der Waals surface area contributed by atoms with Crippen molar-refractivity contribution in [1.82, 2.24) is 10.3 Å². The van der Waals surface area contributed by atoms with Gasteiger partial charge in [-0.2, -0.15) is 0 Å². The zero-order chi connectivity index (χ0) is 17.6. The number of methoxy groups -OCH3 is 2. The van der Waals surface area contributed by atoms with Crippen molar-refractivity contribution in [3.8, 4) is 22.8 Å². The van der Waals surface area contributed by atoms with Gasteiger partial charge in [0.25, 0.3) is 0 Å². The Bertz CT molecular complexity index is 720. The first kappa shape index (κ1) is 17.3. The molecule has 1 aromatic carbocycles. The summed E-state index contributed by atoms with van der Waals surface area (Å²) in [6, 6.07) is 5.85. The Labute approximate surface area is 147 Å². The van der Waals surface area contributed by atoms with Crippen molar-refractivity contribution in [2.45, 2.75) is 44.6 Å². The zero-order valence-electron chi connectivity index (χ0n) is 14.7. The van der Waals surface area contributed by atoms with Gasteiger partial charge in [-0.1, -0.05) is 12.8 Å². The molecule has 1 N–H and O–H groups in total. The number of ether oxygens (including phenoxy) is 2. The van der Waals surface area contributed by atoms with Gasteiger partial charge in [0.15, 0.2) is 11.7 Å². The summed E-state index contributed by atoms with van der Waals surface area (Å²) in [4.78, 5) is 16.3. The van der Waals surface area contributed by atoms with Crippen LogP contribution in [0.4, 0.5) is 0 Å². The van der Waals surface area contributed by atoms with E-state index in [2.05, 4.69) is 10.3 Å². The van der Waals surface area contributed by atoms with Crippen LogP contribution in [0.3, 0.4) is 0 Å². The number of nitrogens with zero attached hydrogens (tertiary/aromatic N) is 1. The van der Waals surface area contributed by atoms with E-state index in [1.54, 1.807) is 26.5 Å². The Hall–Kier alpha value is -2.50. The lowest BCUT2D eigenvalue weighted by atomic mass is 10.1. The minimum absolute atomic E-state index is 0.0636. The molecule has 0 saturated heterocycles. The minimum Gasteiger partial charge on any atom is -0.497 e. The Kier molecular flexibility index (Phi) is 5.58. The summed E-state index contributed by atoms with van der Waals surface area (Å²) in [7, 11) is 3.21. The summed E-state index contributed by atoms with van der Waals surface area (Å²) in [5.41, 5.74) is 0.803. The Morgan fingerprint density at radius 3 is 2.80 bits per heavy atom. The van der Waals surface area contributed by atoms with Gasteiger partial charge < -0.3 is 19.2 Å². The fraction of sp³-hybridized carbons (Fsp3) is 0.474. The summed E-state index contributed by atoms with van der Waals surface area (Å²) in [6.45, 7) is 0. The number of hydrogen-bond donors (Lipinski definition) is 1. The van der Waals surface area contributed by atoms with Gasteiger partial charge in [-0.05, 0) is 25.0 Å². The molecule has 0 radical (unpaired) electrons. The van der Waals surface area contributed by atoms with E-state index in [9.17, 15) is 4.79 Å². The van der Waals surface area contributed by atoms with Gasteiger partial charge in [0.1, 0.15) is 11.5 Å². The molecule has 1 saturated carbocycles. The van der Waals surface area contributed by atoms with Gasteiger partial charge >= 0.3 is 0 Å². The van der Waals surface area contributed by atoms with Gasteiger partial charge in [-0.25, -0.2) is 4.98 Å². The average Bonchev–Trinajstić information content (AvgIpc) is 3.31. The first-order valence-electron chi connectivity index (χ1n) is 8.66. The van der Waals surface area contributed by atoms with Gasteiger partial charge in [-0.3, -0.25) is 4.79 Å². The molecule has 1 aliphatic rings. The molecule has 3 rings (SSSR count). The van der Waals surface area contributed by atoms with Crippen molar-refractivity contribution in [3.63, 3.8) is 0 Å². The predicted octanol–water partition coefficient (Wildman–Crippen LogP) is 3.35.